The Kier molecular flexibility index (Phi) is 8.44. The molecule has 0 N–H and O–H groups in total. The van der Waals surface area contributed by atoms with Crippen LogP contribution in [0.3, 0.4) is 0 Å². The summed E-state index contributed by atoms with van der Waals surface area (Å²) in [5.41, 5.74) is 1.89. The van der Waals surface area contributed by atoms with E-state index in [2.05, 4.69) is 22.6 Å². The van der Waals surface area contributed by atoms with Crippen LogP contribution in [0, 0.1) is 3.57 Å². The van der Waals surface area contributed by atoms with Gasteiger partial charge in [-0.05, 0) is 77.4 Å². The van der Waals surface area contributed by atoms with E-state index in [0.29, 0.717) is 45.5 Å². The van der Waals surface area contributed by atoms with Gasteiger partial charge in [0.15, 0.2) is 11.5 Å². The summed E-state index contributed by atoms with van der Waals surface area (Å²) in [5, 5.41) is 0.692. The first kappa shape index (κ1) is 23.4. The first-order valence-electron chi connectivity index (χ1n) is 9.51. The van der Waals surface area contributed by atoms with Crippen LogP contribution >= 0.6 is 58.2 Å². The number of halogens is 2. The highest BCUT2D eigenvalue weighted by Gasteiger charge is 2.31. The number of benzene rings is 2. The van der Waals surface area contributed by atoms with Crippen LogP contribution in [0.25, 0.3) is 6.08 Å². The second kappa shape index (κ2) is 10.8. The Labute approximate surface area is 205 Å². The third-order valence-corrected chi connectivity index (χ3v) is 6.68. The van der Waals surface area contributed by atoms with Crippen molar-refractivity contribution in [1.82, 2.24) is 4.90 Å². The van der Waals surface area contributed by atoms with Gasteiger partial charge < -0.3 is 9.47 Å². The lowest BCUT2D eigenvalue weighted by molar-refractivity contribution is -0.122. The third kappa shape index (κ3) is 5.69. The van der Waals surface area contributed by atoms with E-state index < -0.39 is 0 Å². The number of rotatable bonds is 8. The summed E-state index contributed by atoms with van der Waals surface area (Å²) in [6, 6.07) is 11.4. The van der Waals surface area contributed by atoms with Crippen LogP contribution in [0.1, 0.15) is 31.4 Å². The average molecular weight is 574 g/mol. The molecule has 1 fully saturated rings. The van der Waals surface area contributed by atoms with Crippen LogP contribution in [-0.4, -0.2) is 28.3 Å². The number of hydrogen-bond donors (Lipinski definition) is 0. The highest BCUT2D eigenvalue weighted by molar-refractivity contribution is 14.1. The molecule has 2 aromatic rings. The predicted molar refractivity (Wildman–Crippen MR) is 136 cm³/mol. The number of carbonyl (C=O) groups is 1. The molecule has 0 atom stereocenters. The SMILES string of the molecule is CCCN1C(=O)/C(=C/c2cc(I)c(OCc3ccc(Cl)cc3)c(OCC)c2)SC1=S. The number of thiocarbonyl (C=S) groups is 1. The molecule has 158 valence electrons. The van der Waals surface area contributed by atoms with Crippen molar-refractivity contribution in [2.24, 2.45) is 0 Å². The van der Waals surface area contributed by atoms with E-state index >= 15 is 0 Å². The van der Waals surface area contributed by atoms with E-state index in [9.17, 15) is 4.79 Å². The van der Waals surface area contributed by atoms with Crippen LogP contribution in [0.15, 0.2) is 41.3 Å². The number of nitrogens with zero attached hydrogens (tertiary/aromatic N) is 1. The molecule has 1 saturated heterocycles. The van der Waals surface area contributed by atoms with Gasteiger partial charge in [-0.25, -0.2) is 0 Å². The zero-order valence-corrected chi connectivity index (χ0v) is 21.2. The summed E-state index contributed by atoms with van der Waals surface area (Å²) in [6.45, 7) is 5.51. The van der Waals surface area contributed by atoms with E-state index in [1.165, 1.54) is 11.8 Å². The molecule has 1 heterocycles. The Balaban J connectivity index is 1.85. The fourth-order valence-corrected chi connectivity index (χ4v) is 5.09. The van der Waals surface area contributed by atoms with E-state index in [4.69, 9.17) is 33.3 Å². The average Bonchev–Trinajstić information content (AvgIpc) is 2.97. The van der Waals surface area contributed by atoms with Gasteiger partial charge in [0, 0.05) is 11.6 Å². The monoisotopic (exact) mass is 573 g/mol. The van der Waals surface area contributed by atoms with Gasteiger partial charge in [-0.15, -0.1) is 0 Å². The van der Waals surface area contributed by atoms with E-state index in [1.54, 1.807) is 4.90 Å². The molecule has 4 nitrogen and oxygen atoms in total. The standard InChI is InChI=1S/C22H21ClINO3S2/c1-3-9-25-21(26)19(30-22(25)29)12-15-10-17(24)20(18(11-15)27-4-2)28-13-14-5-7-16(23)8-6-14/h5-8,10-12H,3-4,9,13H2,1-2H3/b19-12-. The Morgan fingerprint density at radius 1 is 1.20 bits per heavy atom. The summed E-state index contributed by atoms with van der Waals surface area (Å²) in [4.78, 5) is 14.9. The molecule has 0 unspecified atom stereocenters. The summed E-state index contributed by atoms with van der Waals surface area (Å²) in [5.74, 6) is 1.29. The first-order chi connectivity index (χ1) is 14.4. The van der Waals surface area contributed by atoms with Gasteiger partial charge in [0.1, 0.15) is 10.9 Å². The van der Waals surface area contributed by atoms with Crippen molar-refractivity contribution in [2.45, 2.75) is 26.9 Å². The summed E-state index contributed by atoms with van der Waals surface area (Å²) in [6.07, 6.45) is 2.73. The predicted octanol–water partition coefficient (Wildman–Crippen LogP) is 6.53. The molecule has 1 aliphatic rings. The summed E-state index contributed by atoms with van der Waals surface area (Å²) >= 11 is 14.9. The number of ether oxygens (including phenoxy) is 2. The zero-order valence-electron chi connectivity index (χ0n) is 16.6. The fourth-order valence-electron chi connectivity index (χ4n) is 2.88. The normalized spacial score (nSPS) is 15.2. The maximum atomic E-state index is 12.6. The van der Waals surface area contributed by atoms with E-state index in [0.717, 1.165) is 21.1 Å². The lowest BCUT2D eigenvalue weighted by Gasteiger charge is -2.15. The molecule has 0 radical (unpaired) electrons. The van der Waals surface area contributed by atoms with Crippen LogP contribution in [0.2, 0.25) is 5.02 Å². The molecule has 0 aromatic heterocycles. The van der Waals surface area contributed by atoms with Crippen molar-refractivity contribution >= 4 is 74.5 Å². The van der Waals surface area contributed by atoms with Gasteiger partial charge in [-0.2, -0.15) is 0 Å². The Hall–Kier alpha value is -1.29. The molecule has 1 amide bonds. The van der Waals surface area contributed by atoms with Gasteiger partial charge in [-0.3, -0.25) is 9.69 Å². The number of hydrogen-bond acceptors (Lipinski definition) is 5. The molecule has 8 heteroatoms. The van der Waals surface area contributed by atoms with Crippen molar-refractivity contribution in [1.29, 1.82) is 0 Å². The third-order valence-electron chi connectivity index (χ3n) is 4.25. The molecule has 2 aromatic carbocycles. The van der Waals surface area contributed by atoms with Crippen molar-refractivity contribution in [3.05, 3.63) is 61.0 Å². The molecule has 0 aliphatic carbocycles. The molecule has 0 bridgehead atoms. The maximum absolute atomic E-state index is 12.6. The molecular formula is C22H21ClINO3S2. The van der Waals surface area contributed by atoms with Gasteiger partial charge in [0.05, 0.1) is 15.1 Å². The second-order valence-electron chi connectivity index (χ2n) is 6.51. The van der Waals surface area contributed by atoms with E-state index in [1.807, 2.05) is 56.3 Å². The highest BCUT2D eigenvalue weighted by atomic mass is 127. The smallest absolute Gasteiger partial charge is 0.266 e. The molecule has 0 spiro atoms. The van der Waals surface area contributed by atoms with Crippen molar-refractivity contribution < 1.29 is 14.3 Å². The largest absolute Gasteiger partial charge is 0.490 e. The topological polar surface area (TPSA) is 38.8 Å². The lowest BCUT2D eigenvalue weighted by atomic mass is 10.1. The molecule has 1 aliphatic heterocycles. The van der Waals surface area contributed by atoms with Crippen molar-refractivity contribution in [3.8, 4) is 11.5 Å². The minimum atomic E-state index is -0.0390. The van der Waals surface area contributed by atoms with Crippen molar-refractivity contribution in [3.63, 3.8) is 0 Å². The maximum Gasteiger partial charge on any atom is 0.266 e. The Morgan fingerprint density at radius 2 is 1.93 bits per heavy atom. The highest BCUT2D eigenvalue weighted by Crippen LogP contribution is 2.38. The number of carbonyl (C=O) groups excluding carboxylic acids is 1. The van der Waals surface area contributed by atoms with Crippen LogP contribution < -0.4 is 9.47 Å². The minimum absolute atomic E-state index is 0.0390. The quantitative estimate of drug-likeness (QED) is 0.204. The zero-order chi connectivity index (χ0) is 21.7. The van der Waals surface area contributed by atoms with Crippen LogP contribution in [0.4, 0.5) is 0 Å². The lowest BCUT2D eigenvalue weighted by Crippen LogP contribution is -2.28. The summed E-state index contributed by atoms with van der Waals surface area (Å²) < 4.78 is 13.4. The minimum Gasteiger partial charge on any atom is -0.490 e. The molecule has 30 heavy (non-hydrogen) atoms. The van der Waals surface area contributed by atoms with Crippen LogP contribution in [-0.2, 0) is 11.4 Å². The van der Waals surface area contributed by atoms with Crippen LogP contribution in [0.5, 0.6) is 11.5 Å². The molecule has 0 saturated carbocycles. The fraction of sp³-hybridized carbons (Fsp3) is 0.273. The Morgan fingerprint density at radius 3 is 2.60 bits per heavy atom. The summed E-state index contributed by atoms with van der Waals surface area (Å²) in [7, 11) is 0. The number of amides is 1. The molecular weight excluding hydrogens is 553 g/mol. The van der Waals surface area contributed by atoms with Gasteiger partial charge in [0.2, 0.25) is 0 Å². The van der Waals surface area contributed by atoms with E-state index in [-0.39, 0.29) is 5.91 Å². The molecule has 3 rings (SSSR count). The Bertz CT molecular complexity index is 979. The van der Waals surface area contributed by atoms with Gasteiger partial charge in [0.25, 0.3) is 5.91 Å². The first-order valence-corrected chi connectivity index (χ1v) is 12.2. The number of thioether (sulfide) groups is 1. The van der Waals surface area contributed by atoms with Gasteiger partial charge in [-0.1, -0.05) is 54.6 Å². The van der Waals surface area contributed by atoms with Crippen molar-refractivity contribution in [2.75, 3.05) is 13.2 Å². The second-order valence-corrected chi connectivity index (χ2v) is 9.79. The van der Waals surface area contributed by atoms with Gasteiger partial charge >= 0.3 is 0 Å².